The van der Waals surface area contributed by atoms with Crippen molar-refractivity contribution in [2.24, 2.45) is 5.73 Å². The SMILES string of the molecule is CCC(C(N)=O)n1c(=O)[nH]c2sc(C(=O)Nc3ccccc3)c(C)c2c1=O. The number of nitrogens with two attached hydrogens (primary N) is 1. The predicted octanol–water partition coefficient (Wildman–Crippen LogP) is 1.75. The molecule has 0 spiro atoms. The number of amides is 2. The summed E-state index contributed by atoms with van der Waals surface area (Å²) in [6.07, 6.45) is 0.203. The Morgan fingerprint density at radius 1 is 1.26 bits per heavy atom. The Hall–Kier alpha value is -3.20. The molecule has 1 aromatic carbocycles. The first-order chi connectivity index (χ1) is 12.8. The molecule has 0 aliphatic heterocycles. The number of nitrogens with zero attached hydrogens (tertiary/aromatic N) is 1. The summed E-state index contributed by atoms with van der Waals surface area (Å²) in [5.41, 5.74) is 5.02. The summed E-state index contributed by atoms with van der Waals surface area (Å²) in [4.78, 5) is 52.6. The van der Waals surface area contributed by atoms with E-state index in [2.05, 4.69) is 10.3 Å². The smallest absolute Gasteiger partial charge is 0.330 e. The van der Waals surface area contributed by atoms with Crippen LogP contribution in [-0.2, 0) is 4.79 Å². The van der Waals surface area contributed by atoms with Gasteiger partial charge in [0.25, 0.3) is 11.5 Å². The number of thiophene rings is 1. The highest BCUT2D eigenvalue weighted by Crippen LogP contribution is 2.27. The lowest BCUT2D eigenvalue weighted by Crippen LogP contribution is -2.42. The molecule has 0 aliphatic carbocycles. The summed E-state index contributed by atoms with van der Waals surface area (Å²) in [6.45, 7) is 3.29. The van der Waals surface area contributed by atoms with Crippen LogP contribution in [0.1, 0.15) is 34.6 Å². The zero-order valence-corrected chi connectivity index (χ0v) is 15.6. The van der Waals surface area contributed by atoms with Gasteiger partial charge in [-0.1, -0.05) is 25.1 Å². The van der Waals surface area contributed by atoms with Crippen molar-refractivity contribution in [1.29, 1.82) is 0 Å². The van der Waals surface area contributed by atoms with Crippen LogP contribution in [-0.4, -0.2) is 21.4 Å². The van der Waals surface area contributed by atoms with Gasteiger partial charge in [0, 0.05) is 5.69 Å². The van der Waals surface area contributed by atoms with Crippen LogP contribution in [0.2, 0.25) is 0 Å². The number of rotatable bonds is 5. The summed E-state index contributed by atoms with van der Waals surface area (Å²) in [5, 5.41) is 2.96. The van der Waals surface area contributed by atoms with E-state index in [4.69, 9.17) is 5.73 Å². The van der Waals surface area contributed by atoms with Crippen molar-refractivity contribution in [2.75, 3.05) is 5.32 Å². The minimum atomic E-state index is -1.05. The molecular weight excluding hydrogens is 368 g/mol. The molecule has 0 saturated carbocycles. The number of fused-ring (bicyclic) bond motifs is 1. The van der Waals surface area contributed by atoms with Crippen LogP contribution >= 0.6 is 11.3 Å². The van der Waals surface area contributed by atoms with Crippen LogP contribution in [0.15, 0.2) is 39.9 Å². The van der Waals surface area contributed by atoms with Gasteiger partial charge in [0.1, 0.15) is 10.9 Å². The van der Waals surface area contributed by atoms with E-state index in [0.29, 0.717) is 16.1 Å². The van der Waals surface area contributed by atoms with Gasteiger partial charge in [0.15, 0.2) is 0 Å². The molecule has 2 heterocycles. The average Bonchev–Trinajstić information content (AvgIpc) is 2.95. The van der Waals surface area contributed by atoms with Crippen LogP contribution < -0.4 is 22.3 Å². The normalized spacial score (nSPS) is 12.1. The Labute approximate surface area is 157 Å². The second-order valence-electron chi connectivity index (χ2n) is 6.01. The fraction of sp³-hybridized carbons (Fsp3) is 0.222. The second-order valence-corrected chi connectivity index (χ2v) is 7.03. The van der Waals surface area contributed by atoms with Crippen LogP contribution in [0.5, 0.6) is 0 Å². The van der Waals surface area contributed by atoms with Gasteiger partial charge in [0.05, 0.1) is 10.3 Å². The molecule has 8 nitrogen and oxygen atoms in total. The number of anilines is 1. The molecular formula is C18H18N4O4S. The third-order valence-corrected chi connectivity index (χ3v) is 5.49. The molecule has 27 heavy (non-hydrogen) atoms. The molecule has 0 saturated heterocycles. The van der Waals surface area contributed by atoms with E-state index in [1.54, 1.807) is 38.1 Å². The van der Waals surface area contributed by atoms with Crippen molar-refractivity contribution in [3.8, 4) is 0 Å². The number of carbonyl (C=O) groups excluding carboxylic acids is 2. The number of aryl methyl sites for hydroxylation is 1. The molecule has 0 radical (unpaired) electrons. The van der Waals surface area contributed by atoms with Gasteiger partial charge >= 0.3 is 5.69 Å². The van der Waals surface area contributed by atoms with Gasteiger partial charge in [0.2, 0.25) is 5.91 Å². The lowest BCUT2D eigenvalue weighted by molar-refractivity contribution is -0.121. The fourth-order valence-electron chi connectivity index (χ4n) is 2.95. The van der Waals surface area contributed by atoms with Gasteiger partial charge in [-0.15, -0.1) is 11.3 Å². The summed E-state index contributed by atoms with van der Waals surface area (Å²) < 4.78 is 0.823. The van der Waals surface area contributed by atoms with E-state index >= 15 is 0 Å². The molecule has 140 valence electrons. The molecule has 1 unspecified atom stereocenters. The first kappa shape index (κ1) is 18.6. The van der Waals surface area contributed by atoms with Crippen molar-refractivity contribution in [1.82, 2.24) is 9.55 Å². The van der Waals surface area contributed by atoms with E-state index in [1.165, 1.54) is 0 Å². The van der Waals surface area contributed by atoms with Gasteiger partial charge < -0.3 is 11.1 Å². The summed E-state index contributed by atoms with van der Waals surface area (Å²) in [7, 11) is 0. The lowest BCUT2D eigenvalue weighted by Gasteiger charge is -2.13. The highest BCUT2D eigenvalue weighted by atomic mass is 32.1. The third-order valence-electron chi connectivity index (χ3n) is 4.28. The van der Waals surface area contributed by atoms with Crippen LogP contribution in [0, 0.1) is 6.92 Å². The first-order valence-corrected chi connectivity index (χ1v) is 9.10. The second kappa shape index (κ2) is 7.20. The number of primary amides is 1. The molecule has 1 atom stereocenters. The van der Waals surface area contributed by atoms with Crippen molar-refractivity contribution < 1.29 is 9.59 Å². The van der Waals surface area contributed by atoms with E-state index in [1.807, 2.05) is 6.07 Å². The maximum atomic E-state index is 12.9. The Morgan fingerprint density at radius 2 is 1.93 bits per heavy atom. The number of benzene rings is 1. The number of aromatic amines is 1. The van der Waals surface area contributed by atoms with E-state index < -0.39 is 23.2 Å². The van der Waals surface area contributed by atoms with Gasteiger partial charge in [-0.3, -0.25) is 19.4 Å². The average molecular weight is 386 g/mol. The molecule has 4 N–H and O–H groups in total. The van der Waals surface area contributed by atoms with Gasteiger partial charge in [-0.05, 0) is 31.0 Å². The van der Waals surface area contributed by atoms with E-state index in [0.717, 1.165) is 15.9 Å². The number of nitrogens with one attached hydrogen (secondary N) is 2. The largest absolute Gasteiger partial charge is 0.368 e. The standard InChI is InChI=1S/C18H18N4O4S/c1-3-11(14(19)23)22-17(25)12-9(2)13(27-16(12)21-18(22)26)15(24)20-10-7-5-4-6-8-10/h4-8,11H,3H2,1-2H3,(H2,19,23)(H,20,24)(H,21,26). The number of hydrogen-bond acceptors (Lipinski definition) is 5. The molecule has 2 aromatic heterocycles. The van der Waals surface area contributed by atoms with Crippen LogP contribution in [0.3, 0.4) is 0 Å². The van der Waals surface area contributed by atoms with Crippen LogP contribution in [0.4, 0.5) is 5.69 Å². The quantitative estimate of drug-likeness (QED) is 0.617. The Balaban J connectivity index is 2.14. The monoisotopic (exact) mass is 386 g/mol. The molecule has 0 bridgehead atoms. The highest BCUT2D eigenvalue weighted by Gasteiger charge is 2.25. The maximum absolute atomic E-state index is 12.9. The van der Waals surface area contributed by atoms with Gasteiger partial charge in [-0.25, -0.2) is 9.36 Å². The molecule has 2 amide bonds. The van der Waals surface area contributed by atoms with Crippen molar-refractivity contribution in [3.63, 3.8) is 0 Å². The highest BCUT2D eigenvalue weighted by molar-refractivity contribution is 7.20. The van der Waals surface area contributed by atoms with Crippen molar-refractivity contribution in [2.45, 2.75) is 26.3 Å². The Kier molecular flexibility index (Phi) is 4.95. The fourth-order valence-corrected chi connectivity index (χ4v) is 4.03. The summed E-state index contributed by atoms with van der Waals surface area (Å²) >= 11 is 1.02. The first-order valence-electron chi connectivity index (χ1n) is 8.28. The zero-order chi connectivity index (χ0) is 19.7. The molecule has 0 fully saturated rings. The predicted molar refractivity (Wildman–Crippen MR) is 104 cm³/mol. The maximum Gasteiger partial charge on any atom is 0.330 e. The molecule has 3 aromatic rings. The number of H-pyrrole nitrogens is 1. The lowest BCUT2D eigenvalue weighted by atomic mass is 10.1. The summed E-state index contributed by atoms with van der Waals surface area (Å²) in [6, 6.07) is 7.85. The zero-order valence-electron chi connectivity index (χ0n) is 14.7. The third kappa shape index (κ3) is 3.28. The topological polar surface area (TPSA) is 127 Å². The number of aromatic nitrogens is 2. The van der Waals surface area contributed by atoms with E-state index in [-0.39, 0.29) is 22.5 Å². The minimum absolute atomic E-state index is 0.203. The number of hydrogen-bond donors (Lipinski definition) is 3. The Bertz CT molecular complexity index is 1140. The summed E-state index contributed by atoms with van der Waals surface area (Å²) in [5.74, 6) is -1.15. The van der Waals surface area contributed by atoms with Crippen LogP contribution in [0.25, 0.3) is 10.2 Å². The van der Waals surface area contributed by atoms with E-state index in [9.17, 15) is 19.2 Å². The molecule has 9 heteroatoms. The molecule has 0 aliphatic rings. The Morgan fingerprint density at radius 3 is 2.52 bits per heavy atom. The number of para-hydroxylation sites is 1. The minimum Gasteiger partial charge on any atom is -0.368 e. The van der Waals surface area contributed by atoms with Crippen molar-refractivity contribution in [3.05, 3.63) is 61.6 Å². The number of carbonyl (C=O) groups is 2. The molecule has 3 rings (SSSR count). The van der Waals surface area contributed by atoms with Gasteiger partial charge in [-0.2, -0.15) is 0 Å². The van der Waals surface area contributed by atoms with Crippen molar-refractivity contribution >= 4 is 39.1 Å².